The van der Waals surface area contributed by atoms with Gasteiger partial charge < -0.3 is 0 Å². The highest BCUT2D eigenvalue weighted by Crippen LogP contribution is 2.30. The minimum Gasteiger partial charge on any atom is -0.255 e. The summed E-state index contributed by atoms with van der Waals surface area (Å²) in [6, 6.07) is 15.3. The van der Waals surface area contributed by atoms with E-state index in [4.69, 9.17) is 23.2 Å². The molecule has 0 N–H and O–H groups in total. The first-order valence-electron chi connectivity index (χ1n) is 6.42. The molecule has 0 aliphatic heterocycles. The van der Waals surface area contributed by atoms with Crippen LogP contribution >= 0.6 is 23.2 Å². The third-order valence-electron chi connectivity index (χ3n) is 3.43. The molecule has 0 saturated carbocycles. The summed E-state index contributed by atoms with van der Waals surface area (Å²) in [5.41, 5.74) is 2.62. The van der Waals surface area contributed by atoms with Crippen molar-refractivity contribution in [3.05, 3.63) is 64.9 Å². The summed E-state index contributed by atoms with van der Waals surface area (Å²) in [4.78, 5) is 4.43. The summed E-state index contributed by atoms with van der Waals surface area (Å²) in [5.74, 6) is 0. The molecule has 0 bridgehead atoms. The van der Waals surface area contributed by atoms with E-state index >= 15 is 0 Å². The Hall–Kier alpha value is -2.10. The molecule has 3 nitrogen and oxygen atoms in total. The van der Waals surface area contributed by atoms with Gasteiger partial charge in [-0.05, 0) is 30.3 Å². The summed E-state index contributed by atoms with van der Waals surface area (Å²) < 4.78 is 1.71. The highest BCUT2D eigenvalue weighted by atomic mass is 35.5. The molecule has 0 radical (unpaired) electrons. The molecular formula is C16H9Cl2N3. The molecule has 0 amide bonds. The van der Waals surface area contributed by atoms with Gasteiger partial charge in [-0.15, -0.1) is 0 Å². The Bertz CT molecular complexity index is 959. The van der Waals surface area contributed by atoms with E-state index in [9.17, 15) is 0 Å². The number of hydrogen-bond donors (Lipinski definition) is 0. The van der Waals surface area contributed by atoms with Crippen molar-refractivity contribution in [1.29, 1.82) is 0 Å². The van der Waals surface area contributed by atoms with E-state index in [1.807, 2.05) is 48.5 Å². The second-order valence-electron chi connectivity index (χ2n) is 4.72. The standard InChI is InChI=1S/C16H9Cl2N3/c17-10-5-7-11(8-6-10)21-16(18)13-9-19-14-4-2-1-3-12(14)15(13)20-21/h1-9H. The van der Waals surface area contributed by atoms with Crippen LogP contribution in [-0.2, 0) is 0 Å². The number of halogens is 2. The van der Waals surface area contributed by atoms with Gasteiger partial charge >= 0.3 is 0 Å². The first kappa shape index (κ1) is 12.6. The van der Waals surface area contributed by atoms with Crippen LogP contribution in [-0.4, -0.2) is 14.8 Å². The molecule has 2 aromatic heterocycles. The third-order valence-corrected chi connectivity index (χ3v) is 4.04. The lowest BCUT2D eigenvalue weighted by Gasteiger charge is -2.02. The SMILES string of the molecule is Clc1ccc(-n2nc3c(cnc4ccccc43)c2Cl)cc1. The Labute approximate surface area is 130 Å². The van der Waals surface area contributed by atoms with E-state index in [1.54, 1.807) is 10.9 Å². The molecule has 0 fully saturated rings. The smallest absolute Gasteiger partial charge is 0.142 e. The highest BCUT2D eigenvalue weighted by Gasteiger charge is 2.13. The number of nitrogens with zero attached hydrogens (tertiary/aromatic N) is 3. The van der Waals surface area contributed by atoms with Crippen LogP contribution in [0.5, 0.6) is 0 Å². The molecule has 0 atom stereocenters. The lowest BCUT2D eigenvalue weighted by atomic mass is 10.2. The first-order chi connectivity index (χ1) is 10.2. The van der Waals surface area contributed by atoms with Gasteiger partial charge in [0.05, 0.1) is 16.6 Å². The molecule has 2 heterocycles. The number of pyridine rings is 1. The Balaban J connectivity index is 2.05. The lowest BCUT2D eigenvalue weighted by Crippen LogP contribution is -1.95. The average molecular weight is 314 g/mol. The van der Waals surface area contributed by atoms with E-state index in [2.05, 4.69) is 10.1 Å². The molecule has 0 spiro atoms. The van der Waals surface area contributed by atoms with E-state index in [0.29, 0.717) is 10.2 Å². The molecule has 2 aromatic carbocycles. The van der Waals surface area contributed by atoms with Crippen LogP contribution in [0.25, 0.3) is 27.5 Å². The molecule has 5 heteroatoms. The summed E-state index contributed by atoms with van der Waals surface area (Å²) in [6.07, 6.45) is 1.76. The van der Waals surface area contributed by atoms with Gasteiger partial charge in [0.25, 0.3) is 0 Å². The Morgan fingerprint density at radius 1 is 0.857 bits per heavy atom. The number of fused-ring (bicyclic) bond motifs is 3. The van der Waals surface area contributed by atoms with Crippen molar-refractivity contribution in [3.8, 4) is 5.69 Å². The number of aromatic nitrogens is 3. The summed E-state index contributed by atoms with van der Waals surface area (Å²) in [6.45, 7) is 0. The van der Waals surface area contributed by atoms with Crippen molar-refractivity contribution in [3.63, 3.8) is 0 Å². The van der Waals surface area contributed by atoms with E-state index in [-0.39, 0.29) is 0 Å². The minimum absolute atomic E-state index is 0.547. The molecule has 21 heavy (non-hydrogen) atoms. The maximum absolute atomic E-state index is 6.46. The molecule has 0 saturated heterocycles. The normalized spacial score (nSPS) is 11.3. The second-order valence-corrected chi connectivity index (χ2v) is 5.51. The van der Waals surface area contributed by atoms with Crippen LogP contribution in [0.3, 0.4) is 0 Å². The van der Waals surface area contributed by atoms with Gasteiger partial charge in [-0.3, -0.25) is 4.98 Å². The second kappa shape index (κ2) is 4.72. The molecule has 102 valence electrons. The monoisotopic (exact) mass is 313 g/mol. The largest absolute Gasteiger partial charge is 0.255 e. The van der Waals surface area contributed by atoms with Crippen LogP contribution in [0.1, 0.15) is 0 Å². The fraction of sp³-hybridized carbons (Fsp3) is 0. The number of rotatable bonds is 1. The van der Waals surface area contributed by atoms with Crippen molar-refractivity contribution >= 4 is 45.0 Å². The Kier molecular flexibility index (Phi) is 2.84. The average Bonchev–Trinajstić information content (AvgIpc) is 2.86. The van der Waals surface area contributed by atoms with Gasteiger partial charge in [-0.1, -0.05) is 41.4 Å². The third kappa shape index (κ3) is 1.97. The van der Waals surface area contributed by atoms with Crippen LogP contribution in [0.4, 0.5) is 0 Å². The zero-order valence-electron chi connectivity index (χ0n) is 10.8. The minimum atomic E-state index is 0.547. The van der Waals surface area contributed by atoms with Gasteiger partial charge in [0.15, 0.2) is 0 Å². The zero-order valence-corrected chi connectivity index (χ0v) is 12.3. The first-order valence-corrected chi connectivity index (χ1v) is 7.17. The van der Waals surface area contributed by atoms with Gasteiger partial charge in [0, 0.05) is 16.6 Å². The predicted molar refractivity (Wildman–Crippen MR) is 86.4 cm³/mol. The van der Waals surface area contributed by atoms with Crippen molar-refractivity contribution < 1.29 is 0 Å². The summed E-state index contributed by atoms with van der Waals surface area (Å²) >= 11 is 12.4. The van der Waals surface area contributed by atoms with Crippen LogP contribution in [0.15, 0.2) is 54.7 Å². The number of para-hydroxylation sites is 1. The molecule has 0 unspecified atom stereocenters. The summed E-state index contributed by atoms with van der Waals surface area (Å²) in [7, 11) is 0. The van der Waals surface area contributed by atoms with E-state index < -0.39 is 0 Å². The molecule has 0 aliphatic rings. The van der Waals surface area contributed by atoms with Gasteiger partial charge in [0.2, 0.25) is 0 Å². The molecule has 0 aliphatic carbocycles. The van der Waals surface area contributed by atoms with Crippen molar-refractivity contribution in [1.82, 2.24) is 14.8 Å². The maximum atomic E-state index is 6.46. The molecule has 4 rings (SSSR count). The van der Waals surface area contributed by atoms with Gasteiger partial charge in [0.1, 0.15) is 10.7 Å². The van der Waals surface area contributed by atoms with Crippen LogP contribution in [0.2, 0.25) is 10.2 Å². The Morgan fingerprint density at radius 3 is 2.43 bits per heavy atom. The van der Waals surface area contributed by atoms with Crippen molar-refractivity contribution in [2.75, 3.05) is 0 Å². The van der Waals surface area contributed by atoms with E-state index in [0.717, 1.165) is 27.5 Å². The quantitative estimate of drug-likeness (QED) is 0.501. The van der Waals surface area contributed by atoms with Gasteiger partial charge in [-0.25, -0.2) is 4.68 Å². The molecule has 4 aromatic rings. The van der Waals surface area contributed by atoms with Crippen LogP contribution < -0.4 is 0 Å². The number of benzene rings is 2. The molecular weight excluding hydrogens is 305 g/mol. The summed E-state index contributed by atoms with van der Waals surface area (Å²) in [5, 5.41) is 7.70. The predicted octanol–water partition coefficient (Wildman–Crippen LogP) is 4.88. The van der Waals surface area contributed by atoms with Crippen LogP contribution in [0, 0.1) is 0 Å². The van der Waals surface area contributed by atoms with Crippen molar-refractivity contribution in [2.24, 2.45) is 0 Å². The fourth-order valence-corrected chi connectivity index (χ4v) is 2.80. The number of hydrogen-bond acceptors (Lipinski definition) is 2. The zero-order chi connectivity index (χ0) is 14.4. The maximum Gasteiger partial charge on any atom is 0.142 e. The van der Waals surface area contributed by atoms with E-state index in [1.165, 1.54) is 0 Å². The fourth-order valence-electron chi connectivity index (χ4n) is 2.40. The lowest BCUT2D eigenvalue weighted by molar-refractivity contribution is 0.898. The van der Waals surface area contributed by atoms with Gasteiger partial charge in [-0.2, -0.15) is 5.10 Å². The van der Waals surface area contributed by atoms with Crippen molar-refractivity contribution in [2.45, 2.75) is 0 Å². The topological polar surface area (TPSA) is 30.7 Å². The highest BCUT2D eigenvalue weighted by molar-refractivity contribution is 6.35. The Morgan fingerprint density at radius 2 is 1.62 bits per heavy atom.